The van der Waals surface area contributed by atoms with Crippen LogP contribution in [0.15, 0.2) is 0 Å². The highest BCUT2D eigenvalue weighted by Crippen LogP contribution is 2.20. The number of hydrogen-bond acceptors (Lipinski definition) is 5. The number of nitrogens with one attached hydrogen (secondary N) is 1. The van der Waals surface area contributed by atoms with Gasteiger partial charge in [-0.15, -0.1) is 0 Å². The molecule has 1 saturated heterocycles. The molecule has 1 aliphatic carbocycles. The first kappa shape index (κ1) is 15.2. The summed E-state index contributed by atoms with van der Waals surface area (Å²) >= 11 is 0. The third kappa shape index (κ3) is 5.38. The Balaban J connectivity index is 1.61. The highest BCUT2D eigenvalue weighted by Gasteiger charge is 2.25. The topological polar surface area (TPSA) is 75.6 Å². The Morgan fingerprint density at radius 3 is 2.63 bits per heavy atom. The van der Waals surface area contributed by atoms with E-state index in [0.717, 1.165) is 19.3 Å². The maximum Gasteiger partial charge on any atom is 0.151 e. The number of aliphatic hydroxyl groups is 1. The first-order chi connectivity index (χ1) is 9.05. The van der Waals surface area contributed by atoms with E-state index >= 15 is 0 Å². The van der Waals surface area contributed by atoms with Gasteiger partial charge in [-0.25, -0.2) is 8.42 Å². The van der Waals surface area contributed by atoms with Crippen LogP contribution in [0.5, 0.6) is 0 Å². The van der Waals surface area contributed by atoms with E-state index in [-0.39, 0.29) is 11.8 Å². The second-order valence-electron chi connectivity index (χ2n) is 5.76. The Hall–Kier alpha value is -0.170. The van der Waals surface area contributed by atoms with Gasteiger partial charge in [0.15, 0.2) is 9.84 Å². The molecule has 2 atom stereocenters. The molecule has 112 valence electrons. The zero-order valence-corrected chi connectivity index (χ0v) is 12.2. The van der Waals surface area contributed by atoms with Gasteiger partial charge in [0.05, 0.1) is 30.3 Å². The van der Waals surface area contributed by atoms with Crippen molar-refractivity contribution in [2.24, 2.45) is 0 Å². The van der Waals surface area contributed by atoms with E-state index < -0.39 is 15.9 Å². The van der Waals surface area contributed by atoms with Gasteiger partial charge in [-0.3, -0.25) is 0 Å². The maximum absolute atomic E-state index is 11.5. The van der Waals surface area contributed by atoms with Crippen molar-refractivity contribution < 1.29 is 18.3 Å². The summed E-state index contributed by atoms with van der Waals surface area (Å²) in [5, 5.41) is 13.0. The first-order valence-corrected chi connectivity index (χ1v) is 9.11. The van der Waals surface area contributed by atoms with Gasteiger partial charge in [-0.1, -0.05) is 12.8 Å². The molecule has 2 N–H and O–H groups in total. The molecule has 0 aromatic heterocycles. The fourth-order valence-corrected chi connectivity index (χ4v) is 4.52. The summed E-state index contributed by atoms with van der Waals surface area (Å²) < 4.78 is 28.6. The molecular weight excluding hydrogens is 266 g/mol. The Bertz CT molecular complexity index is 365. The summed E-state index contributed by atoms with van der Waals surface area (Å²) in [5.41, 5.74) is 0. The largest absolute Gasteiger partial charge is 0.389 e. The molecular formula is C13H25NO4S. The lowest BCUT2D eigenvalue weighted by Gasteiger charge is -2.24. The smallest absolute Gasteiger partial charge is 0.151 e. The Morgan fingerprint density at radius 2 is 1.95 bits per heavy atom. The van der Waals surface area contributed by atoms with Crippen LogP contribution in [0, 0.1) is 0 Å². The van der Waals surface area contributed by atoms with E-state index in [9.17, 15) is 13.5 Å². The number of aliphatic hydroxyl groups excluding tert-OH is 1. The highest BCUT2D eigenvalue weighted by molar-refractivity contribution is 7.91. The average Bonchev–Trinajstić information content (AvgIpc) is 2.86. The van der Waals surface area contributed by atoms with Gasteiger partial charge in [0.1, 0.15) is 0 Å². The van der Waals surface area contributed by atoms with Crippen LogP contribution in [0.4, 0.5) is 0 Å². The molecule has 2 rings (SSSR count). The van der Waals surface area contributed by atoms with Gasteiger partial charge >= 0.3 is 0 Å². The molecule has 2 aliphatic rings. The summed E-state index contributed by atoms with van der Waals surface area (Å²) in [6.07, 6.45) is 5.99. The summed E-state index contributed by atoms with van der Waals surface area (Å²) in [7, 11) is -2.88. The van der Waals surface area contributed by atoms with E-state index in [0.29, 0.717) is 31.4 Å². The van der Waals surface area contributed by atoms with Crippen LogP contribution in [0.3, 0.4) is 0 Å². The van der Waals surface area contributed by atoms with Gasteiger partial charge in [-0.05, 0) is 25.7 Å². The zero-order valence-electron chi connectivity index (χ0n) is 11.4. The van der Waals surface area contributed by atoms with Crippen molar-refractivity contribution in [2.75, 3.05) is 24.7 Å². The van der Waals surface area contributed by atoms with Crippen LogP contribution in [-0.4, -0.2) is 56.4 Å². The number of rotatable bonds is 6. The lowest BCUT2D eigenvalue weighted by atomic mass is 10.2. The van der Waals surface area contributed by atoms with Crippen molar-refractivity contribution in [2.45, 2.75) is 56.8 Å². The van der Waals surface area contributed by atoms with Crippen molar-refractivity contribution in [1.29, 1.82) is 0 Å². The Kier molecular flexibility index (Phi) is 5.62. The summed E-state index contributed by atoms with van der Waals surface area (Å²) in [6.45, 7) is 0.754. The SMILES string of the molecule is O=S1(=O)CCCC(NCC(O)COC2CCCC2)C1. The second kappa shape index (κ2) is 7.02. The molecule has 19 heavy (non-hydrogen) atoms. The van der Waals surface area contributed by atoms with E-state index in [1.165, 1.54) is 12.8 Å². The van der Waals surface area contributed by atoms with Crippen LogP contribution >= 0.6 is 0 Å². The van der Waals surface area contributed by atoms with Gasteiger partial charge < -0.3 is 15.2 Å². The van der Waals surface area contributed by atoms with Gasteiger partial charge in [0, 0.05) is 12.6 Å². The van der Waals surface area contributed by atoms with Crippen molar-refractivity contribution in [3.63, 3.8) is 0 Å². The quantitative estimate of drug-likeness (QED) is 0.744. The standard InChI is InChI=1S/C13H25NO4S/c15-12(9-18-13-5-1-2-6-13)8-14-11-4-3-7-19(16,17)10-11/h11-15H,1-10H2. The molecule has 0 amide bonds. The minimum atomic E-state index is -2.88. The third-order valence-electron chi connectivity index (χ3n) is 3.93. The predicted molar refractivity (Wildman–Crippen MR) is 73.9 cm³/mol. The van der Waals surface area contributed by atoms with E-state index in [4.69, 9.17) is 4.74 Å². The monoisotopic (exact) mass is 291 g/mol. The molecule has 2 fully saturated rings. The molecule has 0 bridgehead atoms. The van der Waals surface area contributed by atoms with Crippen LogP contribution in [0.25, 0.3) is 0 Å². The Labute approximate surface area is 115 Å². The van der Waals surface area contributed by atoms with Crippen LogP contribution in [0.1, 0.15) is 38.5 Å². The fourth-order valence-electron chi connectivity index (χ4n) is 2.85. The summed E-state index contributed by atoms with van der Waals surface area (Å²) in [6, 6.07) is -0.0140. The molecule has 1 aliphatic heterocycles. The molecule has 0 radical (unpaired) electrons. The molecule has 1 saturated carbocycles. The molecule has 0 spiro atoms. The zero-order chi connectivity index (χ0) is 13.7. The Morgan fingerprint density at radius 1 is 1.21 bits per heavy atom. The van der Waals surface area contributed by atoms with Crippen LogP contribution < -0.4 is 5.32 Å². The molecule has 0 aromatic carbocycles. The minimum Gasteiger partial charge on any atom is -0.389 e. The number of ether oxygens (including phenoxy) is 1. The van der Waals surface area contributed by atoms with Crippen LogP contribution in [-0.2, 0) is 14.6 Å². The number of sulfone groups is 1. The molecule has 2 unspecified atom stereocenters. The summed E-state index contributed by atoms with van der Waals surface area (Å²) in [4.78, 5) is 0. The van der Waals surface area contributed by atoms with E-state index in [1.807, 2.05) is 0 Å². The van der Waals surface area contributed by atoms with Crippen molar-refractivity contribution in [3.05, 3.63) is 0 Å². The molecule has 0 aromatic rings. The van der Waals surface area contributed by atoms with E-state index in [1.54, 1.807) is 0 Å². The molecule has 6 heteroatoms. The molecule has 5 nitrogen and oxygen atoms in total. The predicted octanol–water partition coefficient (Wildman–Crippen LogP) is 0.473. The second-order valence-corrected chi connectivity index (χ2v) is 7.98. The van der Waals surface area contributed by atoms with Gasteiger partial charge in [0.2, 0.25) is 0 Å². The van der Waals surface area contributed by atoms with E-state index in [2.05, 4.69) is 5.32 Å². The van der Waals surface area contributed by atoms with Gasteiger partial charge in [-0.2, -0.15) is 0 Å². The minimum absolute atomic E-state index is 0.0140. The number of hydrogen-bond donors (Lipinski definition) is 2. The van der Waals surface area contributed by atoms with Crippen LogP contribution in [0.2, 0.25) is 0 Å². The average molecular weight is 291 g/mol. The fraction of sp³-hybridized carbons (Fsp3) is 1.00. The summed E-state index contributed by atoms with van der Waals surface area (Å²) in [5.74, 6) is 0.502. The van der Waals surface area contributed by atoms with Crippen molar-refractivity contribution in [3.8, 4) is 0 Å². The third-order valence-corrected chi connectivity index (χ3v) is 5.75. The first-order valence-electron chi connectivity index (χ1n) is 7.28. The van der Waals surface area contributed by atoms with Gasteiger partial charge in [0.25, 0.3) is 0 Å². The lowest BCUT2D eigenvalue weighted by molar-refractivity contribution is -0.00614. The highest BCUT2D eigenvalue weighted by atomic mass is 32.2. The van der Waals surface area contributed by atoms with Crippen molar-refractivity contribution >= 4 is 9.84 Å². The normalized spacial score (nSPS) is 29.4. The van der Waals surface area contributed by atoms with Crippen molar-refractivity contribution in [1.82, 2.24) is 5.32 Å². The maximum atomic E-state index is 11.5. The lowest BCUT2D eigenvalue weighted by Crippen LogP contribution is -2.44. The molecule has 1 heterocycles.